The Morgan fingerprint density at radius 2 is 1.57 bits per heavy atom. The molecule has 0 unspecified atom stereocenters. The molecule has 0 aliphatic rings. The Balaban J connectivity index is 2.03. The van der Waals surface area contributed by atoms with E-state index in [2.05, 4.69) is 6.92 Å². The Morgan fingerprint density at radius 3 is 2.22 bits per heavy atom. The third kappa shape index (κ3) is 5.25. The predicted molar refractivity (Wildman–Crippen MR) is 89.6 cm³/mol. The zero-order valence-corrected chi connectivity index (χ0v) is 13.7. The van der Waals surface area contributed by atoms with Crippen molar-refractivity contribution in [1.29, 1.82) is 0 Å². The fourth-order valence-electron chi connectivity index (χ4n) is 2.13. The minimum absolute atomic E-state index is 0.285. The first-order chi connectivity index (χ1) is 11.2. The maximum atomic E-state index is 14.3. The molecule has 0 spiro atoms. The lowest BCUT2D eigenvalue weighted by Crippen LogP contribution is -2.03. The molecule has 0 aromatic heterocycles. The summed E-state index contributed by atoms with van der Waals surface area (Å²) in [6, 6.07) is 12.3. The molecule has 2 aromatic carbocycles. The molecule has 3 nitrogen and oxygen atoms in total. The van der Waals surface area contributed by atoms with E-state index < -0.39 is 0 Å². The number of methoxy groups -OCH3 is 1. The Morgan fingerprint density at radius 1 is 0.870 bits per heavy atom. The van der Waals surface area contributed by atoms with Crippen molar-refractivity contribution in [1.82, 2.24) is 0 Å². The number of unbranched alkanes of at least 4 members (excludes halogenated alkanes) is 1. The Labute approximate surface area is 137 Å². The molecule has 0 N–H and O–H groups in total. The fraction of sp³-hybridized carbons (Fsp3) is 0.368. The van der Waals surface area contributed by atoms with Crippen molar-refractivity contribution in [3.63, 3.8) is 0 Å². The molecule has 0 saturated carbocycles. The average Bonchev–Trinajstić information content (AvgIpc) is 2.56. The average molecular weight is 318 g/mol. The van der Waals surface area contributed by atoms with E-state index in [1.54, 1.807) is 19.2 Å². The van der Waals surface area contributed by atoms with Crippen molar-refractivity contribution in [3.05, 3.63) is 48.3 Å². The third-order valence-electron chi connectivity index (χ3n) is 3.43. The van der Waals surface area contributed by atoms with Crippen molar-refractivity contribution >= 4 is 0 Å². The summed E-state index contributed by atoms with van der Waals surface area (Å²) < 4.78 is 30.2. The van der Waals surface area contributed by atoms with Gasteiger partial charge in [-0.1, -0.05) is 25.5 Å². The first-order valence-corrected chi connectivity index (χ1v) is 7.89. The van der Waals surface area contributed by atoms with Crippen LogP contribution >= 0.6 is 0 Å². The van der Waals surface area contributed by atoms with E-state index in [-0.39, 0.29) is 5.82 Å². The minimum atomic E-state index is -0.285. The van der Waals surface area contributed by atoms with Crippen LogP contribution in [0.5, 0.6) is 11.5 Å². The lowest BCUT2D eigenvalue weighted by Gasteiger charge is -2.09. The van der Waals surface area contributed by atoms with Gasteiger partial charge in [0.25, 0.3) is 0 Å². The Kier molecular flexibility index (Phi) is 6.88. The van der Waals surface area contributed by atoms with Crippen molar-refractivity contribution in [2.75, 3.05) is 26.9 Å². The van der Waals surface area contributed by atoms with Gasteiger partial charge in [0, 0.05) is 18.7 Å². The summed E-state index contributed by atoms with van der Waals surface area (Å²) in [4.78, 5) is 0. The van der Waals surface area contributed by atoms with Gasteiger partial charge >= 0.3 is 0 Å². The normalized spacial score (nSPS) is 10.6. The SMILES string of the molecule is CCCCOc1ccc(-c2ccc(OCCOC)cc2)c(F)c1. The van der Waals surface area contributed by atoms with Gasteiger partial charge in [-0.3, -0.25) is 0 Å². The van der Waals surface area contributed by atoms with Gasteiger partial charge in [0.15, 0.2) is 0 Å². The molecule has 2 rings (SSSR count). The number of hydrogen-bond donors (Lipinski definition) is 0. The maximum Gasteiger partial charge on any atom is 0.134 e. The Bertz CT molecular complexity index is 596. The lowest BCUT2D eigenvalue weighted by molar-refractivity contribution is 0.146. The standard InChI is InChI=1S/C19H23FO3/c1-3-4-11-22-17-9-10-18(19(20)14-17)15-5-7-16(8-6-15)23-13-12-21-2/h5-10,14H,3-4,11-13H2,1-2H3. The molecule has 2 aromatic rings. The number of hydrogen-bond acceptors (Lipinski definition) is 3. The van der Waals surface area contributed by atoms with Crippen molar-refractivity contribution in [2.45, 2.75) is 19.8 Å². The van der Waals surface area contributed by atoms with Gasteiger partial charge in [-0.25, -0.2) is 4.39 Å². The highest BCUT2D eigenvalue weighted by atomic mass is 19.1. The fourth-order valence-corrected chi connectivity index (χ4v) is 2.13. The number of halogens is 1. The predicted octanol–water partition coefficient (Wildman–Crippen LogP) is 4.70. The van der Waals surface area contributed by atoms with Gasteiger partial charge in [-0.15, -0.1) is 0 Å². The second-order valence-corrected chi connectivity index (χ2v) is 5.21. The van der Waals surface area contributed by atoms with Crippen LogP contribution in [-0.2, 0) is 4.74 Å². The smallest absolute Gasteiger partial charge is 0.134 e. The highest BCUT2D eigenvalue weighted by Gasteiger charge is 2.07. The largest absolute Gasteiger partial charge is 0.493 e. The van der Waals surface area contributed by atoms with Crippen molar-refractivity contribution < 1.29 is 18.6 Å². The first kappa shape index (κ1) is 17.3. The zero-order chi connectivity index (χ0) is 16.5. The molecule has 124 valence electrons. The van der Waals surface area contributed by atoms with Crippen molar-refractivity contribution in [3.8, 4) is 22.6 Å². The lowest BCUT2D eigenvalue weighted by atomic mass is 10.0. The van der Waals surface area contributed by atoms with Crippen LogP contribution in [-0.4, -0.2) is 26.9 Å². The van der Waals surface area contributed by atoms with Gasteiger partial charge in [0.2, 0.25) is 0 Å². The first-order valence-electron chi connectivity index (χ1n) is 7.89. The number of ether oxygens (including phenoxy) is 3. The number of rotatable bonds is 9. The van der Waals surface area contributed by atoms with Crippen LogP contribution in [0.3, 0.4) is 0 Å². The Hall–Kier alpha value is -2.07. The highest BCUT2D eigenvalue weighted by molar-refractivity contribution is 5.65. The molecular formula is C19H23FO3. The number of benzene rings is 2. The molecule has 0 radical (unpaired) electrons. The van der Waals surface area contributed by atoms with Gasteiger partial charge in [-0.05, 0) is 36.2 Å². The van der Waals surface area contributed by atoms with E-state index in [9.17, 15) is 4.39 Å². The second-order valence-electron chi connectivity index (χ2n) is 5.21. The quantitative estimate of drug-likeness (QED) is 0.627. The van der Waals surface area contributed by atoms with E-state index in [0.717, 1.165) is 24.2 Å². The molecule has 0 atom stereocenters. The maximum absolute atomic E-state index is 14.3. The van der Waals surface area contributed by atoms with Gasteiger partial charge in [-0.2, -0.15) is 0 Å². The molecule has 0 fully saturated rings. The van der Waals surface area contributed by atoms with Gasteiger partial charge < -0.3 is 14.2 Å². The molecule has 0 aliphatic carbocycles. The molecule has 0 aliphatic heterocycles. The summed E-state index contributed by atoms with van der Waals surface area (Å²) in [6.45, 7) is 3.74. The van der Waals surface area contributed by atoms with Crippen LogP contribution in [0.25, 0.3) is 11.1 Å². The molecule has 0 bridgehead atoms. The van der Waals surface area contributed by atoms with E-state index in [1.165, 1.54) is 6.07 Å². The highest BCUT2D eigenvalue weighted by Crippen LogP contribution is 2.28. The summed E-state index contributed by atoms with van der Waals surface area (Å²) in [5.74, 6) is 1.02. The third-order valence-corrected chi connectivity index (χ3v) is 3.43. The summed E-state index contributed by atoms with van der Waals surface area (Å²) in [5, 5.41) is 0. The van der Waals surface area contributed by atoms with Crippen LogP contribution in [0.1, 0.15) is 19.8 Å². The minimum Gasteiger partial charge on any atom is -0.493 e. The van der Waals surface area contributed by atoms with Crippen LogP contribution in [0, 0.1) is 5.82 Å². The van der Waals surface area contributed by atoms with E-state index in [1.807, 2.05) is 24.3 Å². The second kappa shape index (κ2) is 9.16. The summed E-state index contributed by atoms with van der Waals surface area (Å²) in [5.41, 5.74) is 1.36. The summed E-state index contributed by atoms with van der Waals surface area (Å²) in [6.07, 6.45) is 2.02. The van der Waals surface area contributed by atoms with Crippen LogP contribution < -0.4 is 9.47 Å². The molecular weight excluding hydrogens is 295 g/mol. The van der Waals surface area contributed by atoms with Crippen LogP contribution in [0.2, 0.25) is 0 Å². The van der Waals surface area contributed by atoms with Gasteiger partial charge in [0.05, 0.1) is 13.2 Å². The van der Waals surface area contributed by atoms with Crippen molar-refractivity contribution in [2.24, 2.45) is 0 Å². The molecule has 4 heteroatoms. The molecule has 0 saturated heterocycles. The summed E-state index contributed by atoms with van der Waals surface area (Å²) in [7, 11) is 1.63. The van der Waals surface area contributed by atoms with E-state index >= 15 is 0 Å². The summed E-state index contributed by atoms with van der Waals surface area (Å²) >= 11 is 0. The van der Waals surface area contributed by atoms with Crippen LogP contribution in [0.4, 0.5) is 4.39 Å². The molecule has 0 heterocycles. The van der Waals surface area contributed by atoms with E-state index in [4.69, 9.17) is 14.2 Å². The topological polar surface area (TPSA) is 27.7 Å². The monoisotopic (exact) mass is 318 g/mol. The molecule has 23 heavy (non-hydrogen) atoms. The van der Waals surface area contributed by atoms with E-state index in [0.29, 0.717) is 31.1 Å². The van der Waals surface area contributed by atoms with Gasteiger partial charge in [0.1, 0.15) is 23.9 Å². The molecule has 0 amide bonds. The van der Waals surface area contributed by atoms with Crippen LogP contribution in [0.15, 0.2) is 42.5 Å². The zero-order valence-electron chi connectivity index (χ0n) is 13.7.